The lowest BCUT2D eigenvalue weighted by atomic mass is 10.1. The van der Waals surface area contributed by atoms with Crippen LogP contribution in [-0.4, -0.2) is 10.1 Å². The molecule has 0 aliphatic heterocycles. The van der Waals surface area contributed by atoms with Crippen LogP contribution < -0.4 is 5.32 Å². The molecule has 27 heavy (non-hydrogen) atoms. The molecule has 6 heteroatoms. The van der Waals surface area contributed by atoms with Crippen molar-refractivity contribution in [1.29, 1.82) is 0 Å². The molecule has 0 bridgehead atoms. The molecule has 0 unspecified atom stereocenters. The van der Waals surface area contributed by atoms with Gasteiger partial charge < -0.3 is 10.4 Å². The molecule has 0 spiro atoms. The molecule has 2 N–H and O–H groups in total. The Morgan fingerprint density at radius 2 is 1.63 bits per heavy atom. The number of alkyl halides is 3. The van der Waals surface area contributed by atoms with Crippen LogP contribution in [0.1, 0.15) is 11.1 Å². The molecule has 0 saturated carbocycles. The maximum absolute atomic E-state index is 12.6. The van der Waals surface area contributed by atoms with Gasteiger partial charge >= 0.3 is 6.18 Å². The van der Waals surface area contributed by atoms with Gasteiger partial charge in [0.2, 0.25) is 0 Å². The van der Waals surface area contributed by atoms with Crippen molar-refractivity contribution < 1.29 is 18.3 Å². The van der Waals surface area contributed by atoms with Crippen LogP contribution in [-0.2, 0) is 12.7 Å². The number of anilines is 1. The highest BCUT2D eigenvalue weighted by Gasteiger charge is 2.29. The van der Waals surface area contributed by atoms with Gasteiger partial charge in [-0.2, -0.15) is 13.2 Å². The maximum Gasteiger partial charge on any atom is 0.416 e. The van der Waals surface area contributed by atoms with Crippen LogP contribution in [0.3, 0.4) is 0 Å². The Morgan fingerprint density at radius 3 is 2.37 bits per heavy atom. The Hall–Kier alpha value is -3.28. The lowest BCUT2D eigenvalue weighted by molar-refractivity contribution is -0.137. The summed E-state index contributed by atoms with van der Waals surface area (Å²) in [5.41, 5.74) is 2.01. The van der Waals surface area contributed by atoms with Crippen molar-refractivity contribution in [3.05, 3.63) is 77.9 Å². The van der Waals surface area contributed by atoms with Crippen molar-refractivity contribution in [2.45, 2.75) is 12.7 Å². The zero-order valence-corrected chi connectivity index (χ0v) is 14.1. The summed E-state index contributed by atoms with van der Waals surface area (Å²) >= 11 is 0. The van der Waals surface area contributed by atoms with Crippen molar-refractivity contribution in [1.82, 2.24) is 4.98 Å². The van der Waals surface area contributed by atoms with Gasteiger partial charge in [0.05, 0.1) is 22.3 Å². The molecular formula is C21H15F3N2O. The van der Waals surface area contributed by atoms with E-state index in [0.29, 0.717) is 22.2 Å². The fourth-order valence-electron chi connectivity index (χ4n) is 2.99. The van der Waals surface area contributed by atoms with Crippen LogP contribution in [0.5, 0.6) is 5.75 Å². The molecule has 1 aromatic heterocycles. The van der Waals surface area contributed by atoms with Crippen LogP contribution in [0.15, 0.2) is 66.7 Å². The molecule has 4 rings (SSSR count). The predicted molar refractivity (Wildman–Crippen MR) is 99.7 cm³/mol. The van der Waals surface area contributed by atoms with Gasteiger partial charge in [-0.25, -0.2) is 4.98 Å². The molecule has 0 atom stereocenters. The fraction of sp³-hybridized carbons (Fsp3) is 0.0952. The number of phenols is 1. The third-order valence-corrected chi connectivity index (χ3v) is 4.44. The van der Waals surface area contributed by atoms with Gasteiger partial charge in [-0.15, -0.1) is 0 Å². The lowest BCUT2D eigenvalue weighted by Gasteiger charge is -2.12. The number of benzene rings is 3. The molecule has 0 radical (unpaired) electrons. The molecule has 0 aliphatic rings. The van der Waals surface area contributed by atoms with Gasteiger partial charge in [0.25, 0.3) is 0 Å². The first-order chi connectivity index (χ1) is 12.9. The second kappa shape index (κ2) is 6.46. The number of pyridine rings is 1. The summed E-state index contributed by atoms with van der Waals surface area (Å²) in [6.45, 7) is 0.290. The number of fused-ring (bicyclic) bond motifs is 2. The molecule has 0 fully saturated rings. The number of hydrogen-bond donors (Lipinski definition) is 2. The van der Waals surface area contributed by atoms with Gasteiger partial charge in [0, 0.05) is 17.3 Å². The van der Waals surface area contributed by atoms with E-state index in [1.807, 2.05) is 30.3 Å². The number of nitrogens with one attached hydrogen (secondary N) is 1. The third-order valence-electron chi connectivity index (χ3n) is 4.44. The highest BCUT2D eigenvalue weighted by Crippen LogP contribution is 2.34. The Labute approximate surface area is 153 Å². The minimum Gasteiger partial charge on any atom is -0.505 e. The molecule has 0 aliphatic carbocycles. The summed E-state index contributed by atoms with van der Waals surface area (Å²) < 4.78 is 37.9. The molecule has 4 aromatic rings. The number of aromatic hydroxyl groups is 1. The van der Waals surface area contributed by atoms with Crippen molar-refractivity contribution in [2.24, 2.45) is 0 Å². The first kappa shape index (κ1) is 17.1. The van der Waals surface area contributed by atoms with E-state index >= 15 is 0 Å². The van der Waals surface area contributed by atoms with Gasteiger partial charge in [-0.3, -0.25) is 0 Å². The van der Waals surface area contributed by atoms with E-state index in [1.165, 1.54) is 12.1 Å². The van der Waals surface area contributed by atoms with E-state index in [0.717, 1.165) is 23.0 Å². The van der Waals surface area contributed by atoms with Gasteiger partial charge in [-0.1, -0.05) is 30.3 Å². The standard InChI is InChI=1S/C21H15F3N2O/c22-21(23,24)15-7-5-13(6-8-15)12-25-19-10-9-18-16(20(19)27)11-14-3-1-2-4-17(14)26-18/h1-11,25,27H,12H2. The number of para-hydroxylation sites is 1. The minimum atomic E-state index is -4.35. The van der Waals surface area contributed by atoms with Crippen molar-refractivity contribution in [2.75, 3.05) is 5.32 Å². The first-order valence-electron chi connectivity index (χ1n) is 8.33. The van der Waals surface area contributed by atoms with E-state index in [2.05, 4.69) is 10.3 Å². The molecular weight excluding hydrogens is 353 g/mol. The molecule has 136 valence electrons. The van der Waals surface area contributed by atoms with Crippen LogP contribution >= 0.6 is 0 Å². The monoisotopic (exact) mass is 368 g/mol. The number of nitrogens with zero attached hydrogens (tertiary/aromatic N) is 1. The molecule has 3 nitrogen and oxygen atoms in total. The van der Waals surface area contributed by atoms with E-state index in [4.69, 9.17) is 0 Å². The highest BCUT2D eigenvalue weighted by molar-refractivity contribution is 5.98. The largest absolute Gasteiger partial charge is 0.505 e. The topological polar surface area (TPSA) is 45.1 Å². The molecule has 0 saturated heterocycles. The molecule has 3 aromatic carbocycles. The van der Waals surface area contributed by atoms with Crippen molar-refractivity contribution >= 4 is 27.5 Å². The van der Waals surface area contributed by atoms with Crippen molar-refractivity contribution in [3.63, 3.8) is 0 Å². The fourth-order valence-corrected chi connectivity index (χ4v) is 2.99. The Kier molecular flexibility index (Phi) is 4.11. The number of phenolic OH excluding ortho intramolecular Hbond substituents is 1. The predicted octanol–water partition coefficient (Wildman–Crippen LogP) is 5.72. The average Bonchev–Trinajstić information content (AvgIpc) is 2.66. The highest BCUT2D eigenvalue weighted by atomic mass is 19.4. The smallest absolute Gasteiger partial charge is 0.416 e. The summed E-state index contributed by atoms with van der Waals surface area (Å²) in [7, 11) is 0. The number of rotatable bonds is 3. The minimum absolute atomic E-state index is 0.0673. The normalized spacial score (nSPS) is 11.8. The first-order valence-corrected chi connectivity index (χ1v) is 8.33. The van der Waals surface area contributed by atoms with Gasteiger partial charge in [-0.05, 0) is 42.0 Å². The SMILES string of the molecule is Oc1c(NCc2ccc(C(F)(F)F)cc2)ccc2nc3ccccc3cc12. The number of aromatic nitrogens is 1. The van der Waals surface area contributed by atoms with E-state index < -0.39 is 11.7 Å². The lowest BCUT2D eigenvalue weighted by Crippen LogP contribution is -2.05. The van der Waals surface area contributed by atoms with Gasteiger partial charge in [0.1, 0.15) is 5.75 Å². The second-order valence-corrected chi connectivity index (χ2v) is 6.26. The molecule has 0 amide bonds. The third kappa shape index (κ3) is 3.38. The summed E-state index contributed by atoms with van der Waals surface area (Å²) in [4.78, 5) is 4.54. The quantitative estimate of drug-likeness (QED) is 0.359. The van der Waals surface area contributed by atoms with Crippen LogP contribution in [0, 0.1) is 0 Å². The zero-order chi connectivity index (χ0) is 19.0. The molecule has 1 heterocycles. The summed E-state index contributed by atoms with van der Waals surface area (Å²) in [6.07, 6.45) is -4.35. The maximum atomic E-state index is 12.6. The number of halogens is 3. The Bertz CT molecular complexity index is 1120. The Balaban J connectivity index is 1.60. The second-order valence-electron chi connectivity index (χ2n) is 6.26. The van der Waals surface area contributed by atoms with Gasteiger partial charge in [0.15, 0.2) is 0 Å². The van der Waals surface area contributed by atoms with E-state index in [9.17, 15) is 18.3 Å². The summed E-state index contributed by atoms with van der Waals surface area (Å²) in [6, 6.07) is 18.0. The van der Waals surface area contributed by atoms with Crippen molar-refractivity contribution in [3.8, 4) is 5.75 Å². The number of hydrogen-bond acceptors (Lipinski definition) is 3. The van der Waals surface area contributed by atoms with E-state index in [-0.39, 0.29) is 12.3 Å². The van der Waals surface area contributed by atoms with Crippen LogP contribution in [0.4, 0.5) is 18.9 Å². The summed E-state index contributed by atoms with van der Waals surface area (Å²) in [5, 5.41) is 15.2. The van der Waals surface area contributed by atoms with Crippen LogP contribution in [0.25, 0.3) is 21.8 Å². The van der Waals surface area contributed by atoms with E-state index in [1.54, 1.807) is 12.1 Å². The average molecular weight is 368 g/mol. The van der Waals surface area contributed by atoms with Crippen LogP contribution in [0.2, 0.25) is 0 Å². The Morgan fingerprint density at radius 1 is 0.889 bits per heavy atom. The summed E-state index contributed by atoms with van der Waals surface area (Å²) in [5.74, 6) is 0.0673. The zero-order valence-electron chi connectivity index (χ0n) is 14.1.